The molecule has 0 saturated carbocycles. The largest absolute Gasteiger partial charge is 0.358 e. The van der Waals surface area contributed by atoms with E-state index in [0.29, 0.717) is 0 Å². The van der Waals surface area contributed by atoms with Crippen molar-refractivity contribution in [2.45, 2.75) is 72.1 Å². The molecule has 0 radical (unpaired) electrons. The van der Waals surface area contributed by atoms with E-state index in [0.717, 1.165) is 30.5 Å². The maximum atomic E-state index is 4.85. The van der Waals surface area contributed by atoms with Crippen molar-refractivity contribution in [1.29, 1.82) is 0 Å². The van der Waals surface area contributed by atoms with Gasteiger partial charge in [-0.1, -0.05) is 54.9 Å². The van der Waals surface area contributed by atoms with E-state index >= 15 is 0 Å². The third-order valence-corrected chi connectivity index (χ3v) is 4.10. The fourth-order valence-electron chi connectivity index (χ4n) is 2.43. The second kappa shape index (κ2) is 6.50. The number of hydrogen-bond acceptors (Lipinski definition) is 4. The second-order valence-electron chi connectivity index (χ2n) is 8.51. The number of aromatic nitrogens is 2. The molecule has 0 bridgehead atoms. The Morgan fingerprint density at radius 1 is 0.957 bits per heavy atom. The summed E-state index contributed by atoms with van der Waals surface area (Å²) in [6.45, 7) is 17.4. The maximum Gasteiger partial charge on any atom is 0.231 e. The Bertz CT molecular complexity index is 531. The minimum Gasteiger partial charge on any atom is -0.358 e. The van der Waals surface area contributed by atoms with Crippen LogP contribution in [0, 0.1) is 0 Å². The predicted molar refractivity (Wildman–Crippen MR) is 97.5 cm³/mol. The summed E-state index contributed by atoms with van der Waals surface area (Å²) >= 11 is 0. The summed E-state index contributed by atoms with van der Waals surface area (Å²) in [7, 11) is 0. The van der Waals surface area contributed by atoms with E-state index < -0.39 is 0 Å². The third-order valence-electron chi connectivity index (χ3n) is 4.10. The molecule has 0 fully saturated rings. The van der Waals surface area contributed by atoms with Crippen LogP contribution in [0.2, 0.25) is 0 Å². The molecule has 1 aliphatic heterocycles. The van der Waals surface area contributed by atoms with Gasteiger partial charge in [0.05, 0.1) is 18.1 Å². The van der Waals surface area contributed by atoms with Gasteiger partial charge in [-0.15, -0.1) is 0 Å². The minimum absolute atomic E-state index is 0.0169. The van der Waals surface area contributed by atoms with Crippen LogP contribution in [0.15, 0.2) is 18.5 Å². The molecule has 128 valence electrons. The lowest BCUT2D eigenvalue weighted by Crippen LogP contribution is -2.29. The Morgan fingerprint density at radius 2 is 1.52 bits per heavy atom. The van der Waals surface area contributed by atoms with E-state index in [-0.39, 0.29) is 10.8 Å². The van der Waals surface area contributed by atoms with Crippen LogP contribution in [-0.4, -0.2) is 28.1 Å². The van der Waals surface area contributed by atoms with Gasteiger partial charge in [0, 0.05) is 29.8 Å². The predicted octanol–water partition coefficient (Wildman–Crippen LogP) is 4.42. The van der Waals surface area contributed by atoms with Gasteiger partial charge in [-0.05, 0) is 12.5 Å². The highest BCUT2D eigenvalue weighted by Gasteiger charge is 2.25. The Hall–Kier alpha value is -1.58. The van der Waals surface area contributed by atoms with Crippen LogP contribution >= 0.6 is 0 Å². The van der Waals surface area contributed by atoms with Crippen molar-refractivity contribution in [1.82, 2.24) is 14.9 Å². The van der Waals surface area contributed by atoms with Gasteiger partial charge in [0.1, 0.15) is 0 Å². The van der Waals surface area contributed by atoms with Crippen molar-refractivity contribution in [3.05, 3.63) is 29.9 Å². The Labute approximate surface area is 141 Å². The molecular weight excluding hydrogens is 284 g/mol. The number of rotatable bonds is 4. The Kier molecular flexibility index (Phi) is 5.02. The summed E-state index contributed by atoms with van der Waals surface area (Å²) in [5.41, 5.74) is 2.24. The van der Waals surface area contributed by atoms with Crippen molar-refractivity contribution in [2.24, 2.45) is 0 Å². The summed E-state index contributed by atoms with van der Waals surface area (Å²) in [5.74, 6) is 0.817. The highest BCUT2D eigenvalue weighted by molar-refractivity contribution is 5.40. The van der Waals surface area contributed by atoms with E-state index in [1.807, 2.05) is 0 Å². The molecule has 0 aromatic carbocycles. The number of hydrogen-bond donors (Lipinski definition) is 0. The van der Waals surface area contributed by atoms with Gasteiger partial charge in [0.15, 0.2) is 0 Å². The topological polar surface area (TPSA) is 32.3 Å². The van der Waals surface area contributed by atoms with Crippen LogP contribution in [-0.2, 0) is 10.8 Å². The Balaban J connectivity index is 2.30. The maximum absolute atomic E-state index is 4.85. The van der Waals surface area contributed by atoms with Crippen molar-refractivity contribution >= 4 is 5.95 Å². The standard InChI is InChI=1S/C19H32N4/c1-8-9-10-22-11-12-23(14-22)17-20-15(18(2,3)4)13-16(21-17)19(5,6)7/h11-13H,8-10,14H2,1-7H3. The Morgan fingerprint density at radius 3 is 2.00 bits per heavy atom. The van der Waals surface area contributed by atoms with Crippen molar-refractivity contribution < 1.29 is 0 Å². The molecule has 0 atom stereocenters. The SMILES string of the molecule is CCCCN1C=CN(c2nc(C(C)(C)C)cc(C(C)(C)C)n2)C1. The molecule has 0 unspecified atom stereocenters. The molecule has 0 aliphatic carbocycles. The van der Waals surface area contributed by atoms with Crippen LogP contribution in [0.1, 0.15) is 72.7 Å². The first-order valence-corrected chi connectivity index (χ1v) is 8.70. The zero-order chi connectivity index (χ0) is 17.3. The van der Waals surface area contributed by atoms with E-state index in [2.05, 4.69) is 76.7 Å². The van der Waals surface area contributed by atoms with Crippen LogP contribution in [0.5, 0.6) is 0 Å². The number of nitrogens with zero attached hydrogens (tertiary/aromatic N) is 4. The first-order valence-electron chi connectivity index (χ1n) is 8.70. The van der Waals surface area contributed by atoms with E-state index in [1.54, 1.807) is 0 Å². The molecule has 23 heavy (non-hydrogen) atoms. The summed E-state index contributed by atoms with van der Waals surface area (Å²) in [5, 5.41) is 0. The van der Waals surface area contributed by atoms with Gasteiger partial charge in [-0.3, -0.25) is 4.90 Å². The fourth-order valence-corrected chi connectivity index (χ4v) is 2.43. The first kappa shape index (κ1) is 17.8. The van der Waals surface area contributed by atoms with Crippen LogP contribution in [0.4, 0.5) is 5.95 Å². The lowest BCUT2D eigenvalue weighted by atomic mass is 9.86. The van der Waals surface area contributed by atoms with Gasteiger partial charge in [-0.25, -0.2) is 9.97 Å². The van der Waals surface area contributed by atoms with Gasteiger partial charge < -0.3 is 4.90 Å². The van der Waals surface area contributed by atoms with E-state index in [4.69, 9.17) is 9.97 Å². The van der Waals surface area contributed by atoms with E-state index in [9.17, 15) is 0 Å². The average Bonchev–Trinajstić information content (AvgIpc) is 2.91. The van der Waals surface area contributed by atoms with Crippen molar-refractivity contribution in [2.75, 3.05) is 18.1 Å². The number of anilines is 1. The fraction of sp³-hybridized carbons (Fsp3) is 0.684. The molecule has 4 nitrogen and oxygen atoms in total. The quantitative estimate of drug-likeness (QED) is 0.823. The molecule has 2 heterocycles. The molecule has 2 rings (SSSR count). The average molecular weight is 316 g/mol. The van der Waals surface area contributed by atoms with Crippen molar-refractivity contribution in [3.63, 3.8) is 0 Å². The zero-order valence-electron chi connectivity index (χ0n) is 15.8. The molecule has 1 aromatic rings. The molecule has 1 aliphatic rings. The summed E-state index contributed by atoms with van der Waals surface area (Å²) in [4.78, 5) is 14.2. The smallest absolute Gasteiger partial charge is 0.231 e. The summed E-state index contributed by atoms with van der Waals surface area (Å²) in [6.07, 6.45) is 6.69. The number of unbranched alkanes of at least 4 members (excludes halogenated alkanes) is 1. The second-order valence-corrected chi connectivity index (χ2v) is 8.51. The van der Waals surface area contributed by atoms with E-state index in [1.165, 1.54) is 12.8 Å². The van der Waals surface area contributed by atoms with Crippen molar-refractivity contribution in [3.8, 4) is 0 Å². The molecule has 0 amide bonds. The monoisotopic (exact) mass is 316 g/mol. The first-order chi connectivity index (χ1) is 10.6. The normalized spacial score (nSPS) is 15.6. The molecular formula is C19H32N4. The lowest BCUT2D eigenvalue weighted by molar-refractivity contribution is 0.394. The third kappa shape index (κ3) is 4.46. The van der Waals surface area contributed by atoms with Crippen LogP contribution in [0.3, 0.4) is 0 Å². The lowest BCUT2D eigenvalue weighted by Gasteiger charge is -2.26. The summed E-state index contributed by atoms with van der Waals surface area (Å²) in [6, 6.07) is 2.16. The van der Waals surface area contributed by atoms with Crippen LogP contribution in [0.25, 0.3) is 0 Å². The molecule has 1 aromatic heterocycles. The van der Waals surface area contributed by atoms with Gasteiger partial charge in [-0.2, -0.15) is 0 Å². The van der Waals surface area contributed by atoms with Gasteiger partial charge >= 0.3 is 0 Å². The van der Waals surface area contributed by atoms with Gasteiger partial charge in [0.25, 0.3) is 0 Å². The van der Waals surface area contributed by atoms with Crippen LogP contribution < -0.4 is 4.90 Å². The molecule has 0 N–H and O–H groups in total. The highest BCUT2D eigenvalue weighted by atomic mass is 15.4. The zero-order valence-corrected chi connectivity index (χ0v) is 15.8. The summed E-state index contributed by atoms with van der Waals surface area (Å²) < 4.78 is 0. The molecule has 0 spiro atoms. The van der Waals surface area contributed by atoms with Gasteiger partial charge in [0.2, 0.25) is 5.95 Å². The highest BCUT2D eigenvalue weighted by Crippen LogP contribution is 2.29. The molecule has 0 saturated heterocycles. The minimum atomic E-state index is 0.0169. The molecule has 4 heteroatoms.